The van der Waals surface area contributed by atoms with Crippen LogP contribution in [0.3, 0.4) is 0 Å². The van der Waals surface area contributed by atoms with E-state index in [0.717, 1.165) is 33.4 Å². The van der Waals surface area contributed by atoms with E-state index in [1.165, 1.54) is 0 Å². The first kappa shape index (κ1) is 22.4. The molecule has 180 valence electrons. The molecule has 0 saturated heterocycles. The van der Waals surface area contributed by atoms with Crippen molar-refractivity contribution in [2.45, 2.75) is 6.92 Å². The minimum absolute atomic E-state index is 0.616. The number of nitrogens with zero attached hydrogens (tertiary/aromatic N) is 5. The normalized spacial score (nSPS) is 11.0. The molecular formula is C29H22N6O2. The maximum absolute atomic E-state index is 6.11. The molecule has 0 amide bonds. The summed E-state index contributed by atoms with van der Waals surface area (Å²) in [5.41, 5.74) is 4.86. The van der Waals surface area contributed by atoms with E-state index in [1.54, 1.807) is 25.6 Å². The highest BCUT2D eigenvalue weighted by atomic mass is 16.5. The van der Waals surface area contributed by atoms with Gasteiger partial charge in [0.1, 0.15) is 22.7 Å². The first-order valence-corrected chi connectivity index (χ1v) is 11.7. The third-order valence-electron chi connectivity index (χ3n) is 5.94. The number of hydrogen-bond donors (Lipinski definition) is 1. The SMILES string of the molecule is COc1cnc2c(Oc3ccc(Nc4nnc(-c5ccc(C)cn5)c5ccccc45)cc3)ccnc2c1. The minimum Gasteiger partial charge on any atom is -0.495 e. The van der Waals surface area contributed by atoms with Crippen LogP contribution in [-0.4, -0.2) is 32.3 Å². The van der Waals surface area contributed by atoms with Gasteiger partial charge in [0, 0.05) is 41.0 Å². The number of aromatic nitrogens is 5. The number of hydrogen-bond acceptors (Lipinski definition) is 8. The number of pyridine rings is 3. The van der Waals surface area contributed by atoms with Crippen LogP contribution in [-0.2, 0) is 0 Å². The average Bonchev–Trinajstić information content (AvgIpc) is 2.95. The summed E-state index contributed by atoms with van der Waals surface area (Å²) in [4.78, 5) is 13.3. The fourth-order valence-electron chi connectivity index (χ4n) is 4.04. The van der Waals surface area contributed by atoms with Crippen LogP contribution in [0.5, 0.6) is 17.2 Å². The lowest BCUT2D eigenvalue weighted by Gasteiger charge is -2.12. The molecule has 0 spiro atoms. The third-order valence-corrected chi connectivity index (χ3v) is 5.94. The maximum Gasteiger partial charge on any atom is 0.161 e. The summed E-state index contributed by atoms with van der Waals surface area (Å²) in [6.07, 6.45) is 5.17. The molecule has 6 aromatic rings. The van der Waals surface area contributed by atoms with Gasteiger partial charge >= 0.3 is 0 Å². The van der Waals surface area contributed by atoms with Gasteiger partial charge in [-0.2, -0.15) is 0 Å². The number of nitrogens with one attached hydrogen (secondary N) is 1. The average molecular weight is 487 g/mol. The van der Waals surface area contributed by atoms with Crippen molar-refractivity contribution in [3.05, 3.63) is 97.0 Å². The zero-order chi connectivity index (χ0) is 25.2. The molecule has 8 nitrogen and oxygen atoms in total. The van der Waals surface area contributed by atoms with Gasteiger partial charge in [0.15, 0.2) is 11.6 Å². The molecule has 0 aliphatic rings. The van der Waals surface area contributed by atoms with E-state index in [2.05, 4.69) is 30.5 Å². The van der Waals surface area contributed by atoms with E-state index < -0.39 is 0 Å². The van der Waals surface area contributed by atoms with Crippen LogP contribution < -0.4 is 14.8 Å². The van der Waals surface area contributed by atoms with Crippen LogP contribution >= 0.6 is 0 Å². The Hall–Kier alpha value is -5.11. The summed E-state index contributed by atoms with van der Waals surface area (Å²) < 4.78 is 11.3. The van der Waals surface area contributed by atoms with E-state index in [4.69, 9.17) is 9.47 Å². The van der Waals surface area contributed by atoms with Gasteiger partial charge in [-0.25, -0.2) is 4.98 Å². The molecule has 8 heteroatoms. The lowest BCUT2D eigenvalue weighted by molar-refractivity contribution is 0.413. The Kier molecular flexibility index (Phi) is 5.74. The number of ether oxygens (including phenoxy) is 2. The second-order valence-corrected chi connectivity index (χ2v) is 8.47. The molecule has 0 aliphatic carbocycles. The summed E-state index contributed by atoms with van der Waals surface area (Å²) in [6.45, 7) is 2.01. The third kappa shape index (κ3) is 4.48. The maximum atomic E-state index is 6.11. The smallest absolute Gasteiger partial charge is 0.161 e. The van der Waals surface area contributed by atoms with Gasteiger partial charge in [-0.1, -0.05) is 30.3 Å². The summed E-state index contributed by atoms with van der Waals surface area (Å²) in [5, 5.41) is 14.3. The Morgan fingerprint density at radius 2 is 1.59 bits per heavy atom. The van der Waals surface area contributed by atoms with Crippen LogP contribution in [0.15, 0.2) is 91.4 Å². The zero-order valence-corrected chi connectivity index (χ0v) is 20.2. The molecule has 0 unspecified atom stereocenters. The lowest BCUT2D eigenvalue weighted by atomic mass is 10.1. The fraction of sp³-hybridized carbons (Fsp3) is 0.0690. The van der Waals surface area contributed by atoms with Crippen molar-refractivity contribution in [2.75, 3.05) is 12.4 Å². The van der Waals surface area contributed by atoms with Crippen molar-refractivity contribution in [2.24, 2.45) is 0 Å². The number of benzene rings is 2. The van der Waals surface area contributed by atoms with Gasteiger partial charge < -0.3 is 14.8 Å². The summed E-state index contributed by atoms with van der Waals surface area (Å²) in [7, 11) is 1.60. The highest BCUT2D eigenvalue weighted by Crippen LogP contribution is 2.32. The molecular weight excluding hydrogens is 464 g/mol. The van der Waals surface area contributed by atoms with Crippen molar-refractivity contribution in [1.82, 2.24) is 25.1 Å². The molecule has 1 N–H and O–H groups in total. The number of aryl methyl sites for hydroxylation is 1. The monoisotopic (exact) mass is 486 g/mol. The van der Waals surface area contributed by atoms with Crippen LogP contribution in [0.4, 0.5) is 11.5 Å². The van der Waals surface area contributed by atoms with Crippen LogP contribution in [0.25, 0.3) is 33.2 Å². The van der Waals surface area contributed by atoms with Gasteiger partial charge in [0.05, 0.1) is 24.5 Å². The molecule has 4 heterocycles. The summed E-state index contributed by atoms with van der Waals surface area (Å²) >= 11 is 0. The number of anilines is 2. The van der Waals surface area contributed by atoms with E-state index >= 15 is 0 Å². The summed E-state index contributed by atoms with van der Waals surface area (Å²) in [6, 6.07) is 23.3. The second kappa shape index (κ2) is 9.50. The largest absolute Gasteiger partial charge is 0.495 e. The van der Waals surface area contributed by atoms with Gasteiger partial charge in [-0.3, -0.25) is 9.97 Å². The van der Waals surface area contributed by atoms with Crippen molar-refractivity contribution in [3.63, 3.8) is 0 Å². The predicted molar refractivity (Wildman–Crippen MR) is 143 cm³/mol. The summed E-state index contributed by atoms with van der Waals surface area (Å²) in [5.74, 6) is 2.60. The van der Waals surface area contributed by atoms with Crippen LogP contribution in [0.1, 0.15) is 5.56 Å². The van der Waals surface area contributed by atoms with E-state index in [1.807, 2.05) is 79.9 Å². The Bertz CT molecular complexity index is 1720. The minimum atomic E-state index is 0.616. The molecule has 0 saturated carbocycles. The molecule has 37 heavy (non-hydrogen) atoms. The van der Waals surface area contributed by atoms with Gasteiger partial charge in [-0.15, -0.1) is 10.2 Å². The lowest BCUT2D eigenvalue weighted by Crippen LogP contribution is -2.00. The molecule has 0 aliphatic heterocycles. The fourth-order valence-corrected chi connectivity index (χ4v) is 4.04. The van der Waals surface area contributed by atoms with Crippen LogP contribution in [0, 0.1) is 6.92 Å². The number of rotatable bonds is 6. The topological polar surface area (TPSA) is 94.9 Å². The standard InChI is InChI=1S/C29H22N6O2/c1-18-7-12-24(31-16-18)27-22-5-3-4-6-23(22)29(35-34-27)33-19-8-10-20(11-9-19)37-26-13-14-30-25-15-21(36-2)17-32-28(25)26/h3-17H,1-2H3,(H,33,35). The first-order valence-electron chi connectivity index (χ1n) is 11.7. The van der Waals surface area contributed by atoms with Crippen molar-refractivity contribution in [3.8, 4) is 28.6 Å². The van der Waals surface area contributed by atoms with E-state index in [-0.39, 0.29) is 0 Å². The van der Waals surface area contributed by atoms with Gasteiger partial charge in [0.25, 0.3) is 0 Å². The Balaban J connectivity index is 1.26. The number of methoxy groups -OCH3 is 1. The van der Waals surface area contributed by atoms with E-state index in [0.29, 0.717) is 34.1 Å². The molecule has 0 atom stereocenters. The molecule has 0 fully saturated rings. The quantitative estimate of drug-likeness (QED) is 0.285. The molecule has 0 bridgehead atoms. The van der Waals surface area contributed by atoms with Crippen molar-refractivity contribution < 1.29 is 9.47 Å². The van der Waals surface area contributed by atoms with Crippen molar-refractivity contribution >= 4 is 33.3 Å². The Morgan fingerprint density at radius 1 is 0.757 bits per heavy atom. The second-order valence-electron chi connectivity index (χ2n) is 8.47. The highest BCUT2D eigenvalue weighted by Gasteiger charge is 2.13. The van der Waals surface area contributed by atoms with Crippen LogP contribution in [0.2, 0.25) is 0 Å². The first-order chi connectivity index (χ1) is 18.2. The van der Waals surface area contributed by atoms with Gasteiger partial charge in [0.2, 0.25) is 0 Å². The number of fused-ring (bicyclic) bond motifs is 2. The van der Waals surface area contributed by atoms with Gasteiger partial charge in [-0.05, 0) is 42.8 Å². The van der Waals surface area contributed by atoms with Crippen molar-refractivity contribution in [1.29, 1.82) is 0 Å². The molecule has 0 radical (unpaired) electrons. The molecule has 4 aromatic heterocycles. The van der Waals surface area contributed by atoms with E-state index in [9.17, 15) is 0 Å². The molecule has 2 aromatic carbocycles. The molecule has 6 rings (SSSR count). The zero-order valence-electron chi connectivity index (χ0n) is 20.2. The predicted octanol–water partition coefficient (Wildman–Crippen LogP) is 6.49. The Morgan fingerprint density at radius 3 is 2.38 bits per heavy atom. The highest BCUT2D eigenvalue weighted by molar-refractivity contribution is 6.00. The Labute approximate surface area is 213 Å².